The van der Waals surface area contributed by atoms with Gasteiger partial charge in [0.15, 0.2) is 5.82 Å². The quantitative estimate of drug-likeness (QED) is 0.797. The van der Waals surface area contributed by atoms with Crippen LogP contribution in [0.4, 0.5) is 5.82 Å². The van der Waals surface area contributed by atoms with Gasteiger partial charge in [0.25, 0.3) is 0 Å². The lowest BCUT2D eigenvalue weighted by Gasteiger charge is -2.00. The number of carbonyl (C=O) groups is 1. The van der Waals surface area contributed by atoms with E-state index in [-0.39, 0.29) is 11.4 Å². The van der Waals surface area contributed by atoms with E-state index in [2.05, 4.69) is 15.1 Å². The molecule has 0 aliphatic rings. The van der Waals surface area contributed by atoms with Gasteiger partial charge >= 0.3 is 5.97 Å². The number of aromatic nitrogens is 4. The zero-order chi connectivity index (χ0) is 13.8. The molecule has 2 heterocycles. The monoisotopic (exact) mass is 279 g/mol. The van der Waals surface area contributed by atoms with Crippen molar-refractivity contribution in [2.75, 3.05) is 11.5 Å². The Morgan fingerprint density at radius 1 is 1.53 bits per heavy atom. The molecular weight excluding hydrogens is 266 g/mol. The maximum Gasteiger partial charge on any atom is 0.342 e. The summed E-state index contributed by atoms with van der Waals surface area (Å²) in [5.74, 6) is 0.140. The van der Waals surface area contributed by atoms with Gasteiger partial charge in [-0.05, 0) is 12.2 Å². The summed E-state index contributed by atoms with van der Waals surface area (Å²) in [4.78, 5) is 19.2. The lowest BCUT2D eigenvalue weighted by atomic mass is 10.3. The molecule has 100 valence electrons. The Morgan fingerprint density at radius 3 is 2.89 bits per heavy atom. The lowest BCUT2D eigenvalue weighted by Crippen LogP contribution is -2.07. The van der Waals surface area contributed by atoms with Gasteiger partial charge in [0.1, 0.15) is 16.4 Å². The van der Waals surface area contributed by atoms with Crippen molar-refractivity contribution in [1.29, 1.82) is 0 Å². The highest BCUT2D eigenvalue weighted by atomic mass is 32.2. The normalized spacial score (nSPS) is 10.6. The Bertz CT molecular complexity index is 584. The van der Waals surface area contributed by atoms with Crippen LogP contribution in [0.1, 0.15) is 23.7 Å². The van der Waals surface area contributed by atoms with Crippen molar-refractivity contribution in [2.45, 2.75) is 18.4 Å². The van der Waals surface area contributed by atoms with Gasteiger partial charge in [0.2, 0.25) is 0 Å². The van der Waals surface area contributed by atoms with Gasteiger partial charge in [-0.1, -0.05) is 6.92 Å². The third kappa shape index (κ3) is 2.68. The number of thioether (sulfide) groups is 1. The number of rotatable bonds is 5. The molecule has 0 saturated carbocycles. The van der Waals surface area contributed by atoms with E-state index in [1.807, 2.05) is 6.92 Å². The summed E-state index contributed by atoms with van der Waals surface area (Å²) in [5.41, 5.74) is 5.87. The van der Waals surface area contributed by atoms with Crippen LogP contribution in [0.15, 0.2) is 23.6 Å². The highest BCUT2D eigenvalue weighted by molar-refractivity contribution is 7.99. The van der Waals surface area contributed by atoms with Crippen LogP contribution in [-0.2, 0) is 0 Å². The van der Waals surface area contributed by atoms with Gasteiger partial charge in [0.05, 0.1) is 6.20 Å². The Labute approximate surface area is 113 Å². The van der Waals surface area contributed by atoms with E-state index in [0.29, 0.717) is 10.8 Å². The van der Waals surface area contributed by atoms with Gasteiger partial charge in [-0.15, -0.1) is 11.8 Å². The average molecular weight is 279 g/mol. The van der Waals surface area contributed by atoms with Crippen LogP contribution in [-0.4, -0.2) is 36.6 Å². The molecule has 0 radical (unpaired) electrons. The van der Waals surface area contributed by atoms with Gasteiger partial charge in [-0.3, -0.25) is 4.98 Å². The van der Waals surface area contributed by atoms with Crippen LogP contribution in [0.2, 0.25) is 0 Å². The van der Waals surface area contributed by atoms with E-state index in [1.165, 1.54) is 35.0 Å². The first-order valence-electron chi connectivity index (χ1n) is 5.66. The number of anilines is 1. The number of aromatic carboxylic acids is 1. The van der Waals surface area contributed by atoms with Crippen molar-refractivity contribution in [3.63, 3.8) is 0 Å². The minimum atomic E-state index is -1.09. The van der Waals surface area contributed by atoms with E-state index in [0.717, 1.165) is 12.2 Å². The highest BCUT2D eigenvalue weighted by Gasteiger charge is 2.23. The van der Waals surface area contributed by atoms with Crippen molar-refractivity contribution < 1.29 is 9.90 Å². The summed E-state index contributed by atoms with van der Waals surface area (Å²) < 4.78 is 1.30. The maximum atomic E-state index is 11.3. The molecule has 2 aromatic rings. The molecule has 3 N–H and O–H groups in total. The molecule has 2 rings (SSSR count). The first kappa shape index (κ1) is 13.3. The molecule has 0 atom stereocenters. The minimum absolute atomic E-state index is 0.0177. The third-order valence-electron chi connectivity index (χ3n) is 2.31. The summed E-state index contributed by atoms with van der Waals surface area (Å²) in [6.07, 6.45) is 5.41. The first-order chi connectivity index (χ1) is 9.15. The molecule has 2 aromatic heterocycles. The molecule has 0 bridgehead atoms. The summed E-state index contributed by atoms with van der Waals surface area (Å²) in [6, 6.07) is 0. The molecule has 0 amide bonds. The van der Waals surface area contributed by atoms with Crippen molar-refractivity contribution in [1.82, 2.24) is 19.7 Å². The number of hydrogen-bond donors (Lipinski definition) is 2. The van der Waals surface area contributed by atoms with Crippen LogP contribution in [0, 0.1) is 0 Å². The zero-order valence-corrected chi connectivity index (χ0v) is 11.1. The molecule has 0 saturated heterocycles. The van der Waals surface area contributed by atoms with E-state index in [1.54, 1.807) is 0 Å². The van der Waals surface area contributed by atoms with Crippen LogP contribution >= 0.6 is 11.8 Å². The van der Waals surface area contributed by atoms with Crippen LogP contribution in [0.3, 0.4) is 0 Å². The molecule has 0 aliphatic heterocycles. The SMILES string of the molecule is CCCSc1nn(-c2cnccn2)c(N)c1C(=O)O. The van der Waals surface area contributed by atoms with Crippen molar-refractivity contribution in [3.8, 4) is 5.82 Å². The van der Waals surface area contributed by atoms with Gasteiger partial charge in [0, 0.05) is 12.4 Å². The Balaban J connectivity index is 2.49. The number of nitrogen functional groups attached to an aromatic ring is 1. The van der Waals surface area contributed by atoms with Gasteiger partial charge < -0.3 is 10.8 Å². The number of carboxylic acid groups (broad SMARTS) is 1. The van der Waals surface area contributed by atoms with Crippen molar-refractivity contribution >= 4 is 23.5 Å². The van der Waals surface area contributed by atoms with E-state index in [4.69, 9.17) is 5.73 Å². The topological polar surface area (TPSA) is 107 Å². The third-order valence-corrected chi connectivity index (χ3v) is 3.48. The van der Waals surface area contributed by atoms with Gasteiger partial charge in [-0.25, -0.2) is 9.78 Å². The summed E-state index contributed by atoms with van der Waals surface area (Å²) in [6.45, 7) is 2.01. The second-order valence-electron chi connectivity index (χ2n) is 3.69. The summed E-state index contributed by atoms with van der Waals surface area (Å²) in [7, 11) is 0. The molecule has 0 unspecified atom stereocenters. The fraction of sp³-hybridized carbons (Fsp3) is 0.273. The first-order valence-corrected chi connectivity index (χ1v) is 6.64. The van der Waals surface area contributed by atoms with Crippen LogP contribution in [0.5, 0.6) is 0 Å². The van der Waals surface area contributed by atoms with Gasteiger partial charge in [-0.2, -0.15) is 9.78 Å². The number of nitrogens with zero attached hydrogens (tertiary/aromatic N) is 4. The number of nitrogens with two attached hydrogens (primary N) is 1. The van der Waals surface area contributed by atoms with E-state index < -0.39 is 5.97 Å². The average Bonchev–Trinajstić information content (AvgIpc) is 2.74. The molecule has 19 heavy (non-hydrogen) atoms. The zero-order valence-electron chi connectivity index (χ0n) is 10.3. The van der Waals surface area contributed by atoms with Crippen LogP contribution in [0.25, 0.3) is 5.82 Å². The highest BCUT2D eigenvalue weighted by Crippen LogP contribution is 2.28. The smallest absolute Gasteiger partial charge is 0.342 e. The van der Waals surface area contributed by atoms with Crippen molar-refractivity contribution in [2.24, 2.45) is 0 Å². The molecule has 0 aromatic carbocycles. The summed E-state index contributed by atoms with van der Waals surface area (Å²) >= 11 is 1.36. The second kappa shape index (κ2) is 5.70. The Morgan fingerprint density at radius 2 is 2.32 bits per heavy atom. The van der Waals surface area contributed by atoms with E-state index in [9.17, 15) is 9.90 Å². The predicted molar refractivity (Wildman–Crippen MR) is 71.5 cm³/mol. The molecule has 8 heteroatoms. The van der Waals surface area contributed by atoms with Crippen LogP contribution < -0.4 is 5.73 Å². The fourth-order valence-corrected chi connectivity index (χ4v) is 2.36. The maximum absolute atomic E-state index is 11.3. The lowest BCUT2D eigenvalue weighted by molar-refractivity contribution is 0.0694. The molecular formula is C11H13N5O2S. The standard InChI is InChI=1S/C11H13N5O2S/c1-2-5-19-10-8(11(17)18)9(12)16(15-10)7-6-13-3-4-14-7/h3-4,6H,2,5,12H2,1H3,(H,17,18). The Kier molecular flexibility index (Phi) is 4.00. The molecule has 0 fully saturated rings. The minimum Gasteiger partial charge on any atom is -0.477 e. The Hall–Kier alpha value is -2.09. The predicted octanol–water partition coefficient (Wildman–Crippen LogP) is 1.44. The molecule has 0 spiro atoms. The summed E-state index contributed by atoms with van der Waals surface area (Å²) in [5, 5.41) is 13.8. The fourth-order valence-electron chi connectivity index (χ4n) is 1.49. The van der Waals surface area contributed by atoms with E-state index >= 15 is 0 Å². The molecule has 0 aliphatic carbocycles. The number of carboxylic acids is 1. The van der Waals surface area contributed by atoms with Crippen molar-refractivity contribution in [3.05, 3.63) is 24.2 Å². The molecule has 7 nitrogen and oxygen atoms in total. The second-order valence-corrected chi connectivity index (χ2v) is 4.78. The number of hydrogen-bond acceptors (Lipinski definition) is 6. The largest absolute Gasteiger partial charge is 0.477 e.